The summed E-state index contributed by atoms with van der Waals surface area (Å²) in [5, 5.41) is 0.562. The minimum absolute atomic E-state index is 0.0402. The Morgan fingerprint density at radius 3 is 2.62 bits per heavy atom. The molecular weight excluding hydrogens is 322 g/mol. The van der Waals surface area contributed by atoms with Crippen molar-refractivity contribution in [3.05, 3.63) is 11.3 Å². The molecule has 1 aliphatic heterocycles. The molecule has 136 valence electrons. The fourth-order valence-electron chi connectivity index (χ4n) is 3.75. The molecule has 1 fully saturated rings. The number of allylic oxidation sites excluding steroid dienone is 2. The molecule has 0 spiro atoms. The average Bonchev–Trinajstić information content (AvgIpc) is 2.55. The number of carbonyl (C=O) groups is 2. The molecule has 4 nitrogen and oxygen atoms in total. The van der Waals surface area contributed by atoms with Crippen molar-refractivity contribution < 1.29 is 14.3 Å². The normalized spacial score (nSPS) is 23.5. The van der Waals surface area contributed by atoms with Crippen LogP contribution in [0.15, 0.2) is 11.3 Å². The minimum atomic E-state index is 0.0402. The summed E-state index contributed by atoms with van der Waals surface area (Å²) in [5.74, 6) is 1.58. The second-order valence-electron chi connectivity index (χ2n) is 6.79. The number of ketones is 2. The molecule has 2 atom stereocenters. The van der Waals surface area contributed by atoms with E-state index in [2.05, 4.69) is 18.7 Å². The first-order valence-corrected chi connectivity index (χ1v) is 10.4. The number of Topliss-reactive ketones (excluding diaryl/α,β-unsaturated/α-hetero) is 2. The van der Waals surface area contributed by atoms with Crippen molar-refractivity contribution >= 4 is 23.3 Å². The quantitative estimate of drug-likeness (QED) is 0.626. The first kappa shape index (κ1) is 19.5. The number of rotatable bonds is 8. The molecule has 1 heterocycles. The van der Waals surface area contributed by atoms with Crippen LogP contribution < -0.4 is 0 Å². The molecule has 0 aromatic heterocycles. The first-order chi connectivity index (χ1) is 11.6. The van der Waals surface area contributed by atoms with Crippen molar-refractivity contribution in [1.82, 2.24) is 4.90 Å². The van der Waals surface area contributed by atoms with Gasteiger partial charge in [0, 0.05) is 36.9 Å². The number of hydrogen-bond acceptors (Lipinski definition) is 5. The number of nitrogens with zero attached hydrogens (tertiary/aromatic N) is 1. The molecule has 1 aliphatic carbocycles. The van der Waals surface area contributed by atoms with Crippen molar-refractivity contribution in [2.45, 2.75) is 58.1 Å². The van der Waals surface area contributed by atoms with Crippen LogP contribution in [0, 0.1) is 5.92 Å². The summed E-state index contributed by atoms with van der Waals surface area (Å²) >= 11 is 1.95. The van der Waals surface area contributed by atoms with E-state index in [0.29, 0.717) is 42.8 Å². The molecule has 2 aliphatic rings. The molecule has 0 saturated carbocycles. The van der Waals surface area contributed by atoms with Gasteiger partial charge in [-0.3, -0.25) is 9.59 Å². The third-order valence-electron chi connectivity index (χ3n) is 4.79. The molecule has 5 heteroatoms. The first-order valence-electron chi connectivity index (χ1n) is 9.30. The maximum absolute atomic E-state index is 12.8. The summed E-state index contributed by atoms with van der Waals surface area (Å²) in [6, 6.07) is 0. The topological polar surface area (TPSA) is 46.6 Å². The lowest BCUT2D eigenvalue weighted by molar-refractivity contribution is -0.123. The number of hydrogen-bond donors (Lipinski definition) is 0. The zero-order valence-corrected chi connectivity index (χ0v) is 16.1. The highest BCUT2D eigenvalue weighted by Gasteiger charge is 2.34. The predicted octanol–water partition coefficient (Wildman–Crippen LogP) is 3.45. The van der Waals surface area contributed by atoms with E-state index in [1.165, 1.54) is 0 Å². The zero-order valence-electron chi connectivity index (χ0n) is 15.3. The maximum atomic E-state index is 12.8. The summed E-state index contributed by atoms with van der Waals surface area (Å²) in [7, 11) is 0. The van der Waals surface area contributed by atoms with Crippen molar-refractivity contribution in [3.8, 4) is 0 Å². The summed E-state index contributed by atoms with van der Waals surface area (Å²) in [6.45, 7) is 9.35. The highest BCUT2D eigenvalue weighted by molar-refractivity contribution is 7.99. The molecule has 24 heavy (non-hydrogen) atoms. The van der Waals surface area contributed by atoms with E-state index in [1.807, 2.05) is 18.7 Å². The SMILES string of the molecule is CCCC(=O)C1=C(N2CCOCC2)C[C@@H](C[C@@H](C)SCC)CC1=O. The second kappa shape index (κ2) is 9.62. The van der Waals surface area contributed by atoms with Crippen LogP contribution in [0.5, 0.6) is 0 Å². The molecule has 1 saturated heterocycles. The smallest absolute Gasteiger partial charge is 0.168 e. The predicted molar refractivity (Wildman–Crippen MR) is 99.3 cm³/mol. The molecule has 2 rings (SSSR count). The monoisotopic (exact) mass is 353 g/mol. The van der Waals surface area contributed by atoms with Crippen LogP contribution in [0.1, 0.15) is 52.9 Å². The van der Waals surface area contributed by atoms with Crippen LogP contribution in [0.4, 0.5) is 0 Å². The standard InChI is InChI=1S/C19H31NO3S/c1-4-6-17(21)19-16(20-7-9-23-10-8-20)12-15(13-18(19)22)11-14(3)24-5-2/h14-15H,4-13H2,1-3H3/t14-,15-/m1/s1. The van der Waals surface area contributed by atoms with Gasteiger partial charge in [0.25, 0.3) is 0 Å². The Morgan fingerprint density at radius 2 is 2.00 bits per heavy atom. The van der Waals surface area contributed by atoms with Gasteiger partial charge in [0.2, 0.25) is 0 Å². The van der Waals surface area contributed by atoms with E-state index in [0.717, 1.165) is 43.8 Å². The van der Waals surface area contributed by atoms with E-state index in [4.69, 9.17) is 4.74 Å². The number of thioether (sulfide) groups is 1. The highest BCUT2D eigenvalue weighted by Crippen LogP contribution is 2.35. The Kier molecular flexibility index (Phi) is 7.82. The van der Waals surface area contributed by atoms with Gasteiger partial charge in [0.05, 0.1) is 18.8 Å². The van der Waals surface area contributed by atoms with Crippen LogP contribution in [-0.4, -0.2) is 53.8 Å². The molecule has 0 bridgehead atoms. The summed E-state index contributed by atoms with van der Waals surface area (Å²) in [4.78, 5) is 27.6. The Balaban J connectivity index is 2.21. The molecule has 0 amide bonds. The Labute approximate surface area is 150 Å². The molecular formula is C19H31NO3S. The van der Waals surface area contributed by atoms with Crippen molar-refractivity contribution in [2.24, 2.45) is 5.92 Å². The minimum Gasteiger partial charge on any atom is -0.378 e. The summed E-state index contributed by atoms with van der Waals surface area (Å²) in [5.41, 5.74) is 1.51. The Bertz CT molecular complexity index is 483. The van der Waals surface area contributed by atoms with Gasteiger partial charge in [-0.05, 0) is 30.9 Å². The van der Waals surface area contributed by atoms with E-state index < -0.39 is 0 Å². The van der Waals surface area contributed by atoms with E-state index >= 15 is 0 Å². The summed E-state index contributed by atoms with van der Waals surface area (Å²) in [6.07, 6.45) is 3.72. The number of ether oxygens (including phenoxy) is 1. The second-order valence-corrected chi connectivity index (χ2v) is 8.51. The summed E-state index contributed by atoms with van der Waals surface area (Å²) < 4.78 is 5.45. The fraction of sp³-hybridized carbons (Fsp3) is 0.789. The van der Waals surface area contributed by atoms with Crippen LogP contribution in [0.3, 0.4) is 0 Å². The van der Waals surface area contributed by atoms with Gasteiger partial charge >= 0.3 is 0 Å². The van der Waals surface area contributed by atoms with Gasteiger partial charge in [-0.25, -0.2) is 0 Å². The molecule has 0 unspecified atom stereocenters. The van der Waals surface area contributed by atoms with Gasteiger partial charge in [0.15, 0.2) is 11.6 Å². The fourth-order valence-corrected chi connectivity index (χ4v) is 4.73. The molecule has 0 N–H and O–H groups in total. The third kappa shape index (κ3) is 5.09. The molecule has 0 aromatic carbocycles. The maximum Gasteiger partial charge on any atom is 0.168 e. The lowest BCUT2D eigenvalue weighted by Crippen LogP contribution is -2.40. The Morgan fingerprint density at radius 1 is 1.29 bits per heavy atom. The van der Waals surface area contributed by atoms with E-state index in [1.54, 1.807) is 0 Å². The van der Waals surface area contributed by atoms with Gasteiger partial charge in [-0.1, -0.05) is 20.8 Å². The van der Waals surface area contributed by atoms with Crippen molar-refractivity contribution in [2.75, 3.05) is 32.1 Å². The number of carbonyl (C=O) groups excluding carboxylic acids is 2. The number of morpholine rings is 1. The van der Waals surface area contributed by atoms with Crippen molar-refractivity contribution in [1.29, 1.82) is 0 Å². The van der Waals surface area contributed by atoms with Crippen LogP contribution in [0.2, 0.25) is 0 Å². The largest absolute Gasteiger partial charge is 0.378 e. The third-order valence-corrected chi connectivity index (χ3v) is 5.88. The lowest BCUT2D eigenvalue weighted by atomic mass is 9.81. The van der Waals surface area contributed by atoms with Gasteiger partial charge in [0.1, 0.15) is 0 Å². The van der Waals surface area contributed by atoms with Crippen molar-refractivity contribution in [3.63, 3.8) is 0 Å². The molecule has 0 radical (unpaired) electrons. The van der Waals surface area contributed by atoms with Crippen LogP contribution in [-0.2, 0) is 14.3 Å². The Hall–Kier alpha value is -0.810. The van der Waals surface area contributed by atoms with Gasteiger partial charge in [-0.15, -0.1) is 0 Å². The van der Waals surface area contributed by atoms with Crippen LogP contribution >= 0.6 is 11.8 Å². The molecule has 0 aromatic rings. The van der Waals surface area contributed by atoms with E-state index in [-0.39, 0.29) is 11.6 Å². The van der Waals surface area contributed by atoms with Gasteiger partial charge < -0.3 is 9.64 Å². The van der Waals surface area contributed by atoms with Crippen LogP contribution in [0.25, 0.3) is 0 Å². The lowest BCUT2D eigenvalue weighted by Gasteiger charge is -2.37. The van der Waals surface area contributed by atoms with Gasteiger partial charge in [-0.2, -0.15) is 11.8 Å². The average molecular weight is 354 g/mol. The van der Waals surface area contributed by atoms with E-state index in [9.17, 15) is 9.59 Å². The highest BCUT2D eigenvalue weighted by atomic mass is 32.2. The zero-order chi connectivity index (χ0) is 17.5.